The van der Waals surface area contributed by atoms with Gasteiger partial charge < -0.3 is 20.1 Å². The van der Waals surface area contributed by atoms with Gasteiger partial charge in [0.2, 0.25) is 10.4 Å². The van der Waals surface area contributed by atoms with Gasteiger partial charge in [0.05, 0.1) is 17.8 Å². The van der Waals surface area contributed by atoms with E-state index >= 15 is 0 Å². The van der Waals surface area contributed by atoms with E-state index in [2.05, 4.69) is 39.5 Å². The SMILES string of the molecule is CC(C)CN(c1ccc(C(C)CC(=O)O)cc1Nc1nc(Cl)ns1)C1CCOCC1. The molecule has 0 saturated carbocycles. The lowest BCUT2D eigenvalue weighted by molar-refractivity contribution is -0.137. The molecule has 7 nitrogen and oxygen atoms in total. The Hall–Kier alpha value is -1.90. The molecule has 1 aromatic carbocycles. The molecule has 1 aliphatic heterocycles. The van der Waals surface area contributed by atoms with Crippen molar-refractivity contribution in [2.75, 3.05) is 30.0 Å². The van der Waals surface area contributed by atoms with Gasteiger partial charge in [-0.2, -0.15) is 9.36 Å². The van der Waals surface area contributed by atoms with Gasteiger partial charge in [0.1, 0.15) is 0 Å². The van der Waals surface area contributed by atoms with Crippen molar-refractivity contribution in [1.29, 1.82) is 0 Å². The zero-order valence-electron chi connectivity index (χ0n) is 17.6. The summed E-state index contributed by atoms with van der Waals surface area (Å²) in [5, 5.41) is 13.4. The standard InChI is InChI=1S/C21H29ClN4O3S/c1-13(2)12-26(16-6-8-29-9-7-16)18-5-4-15(14(3)10-19(27)28)11-17(18)23-21-24-20(22)25-30-21/h4-5,11,13-14,16H,6-10,12H2,1-3H3,(H,27,28)(H,23,24,25). The van der Waals surface area contributed by atoms with Crippen molar-refractivity contribution in [2.45, 2.75) is 52.0 Å². The smallest absolute Gasteiger partial charge is 0.303 e. The molecule has 3 rings (SSSR count). The first-order valence-corrected chi connectivity index (χ1v) is 11.4. The Bertz CT molecular complexity index is 855. The highest BCUT2D eigenvalue weighted by Crippen LogP contribution is 2.36. The predicted molar refractivity (Wildman–Crippen MR) is 121 cm³/mol. The zero-order chi connectivity index (χ0) is 21.7. The summed E-state index contributed by atoms with van der Waals surface area (Å²) in [4.78, 5) is 17.9. The quantitative estimate of drug-likeness (QED) is 0.543. The van der Waals surface area contributed by atoms with Crippen LogP contribution in [0, 0.1) is 5.92 Å². The number of nitrogens with zero attached hydrogens (tertiary/aromatic N) is 3. The molecule has 1 aromatic heterocycles. The third kappa shape index (κ3) is 6.06. The van der Waals surface area contributed by atoms with E-state index in [1.807, 2.05) is 19.1 Å². The Labute approximate surface area is 186 Å². The number of anilines is 3. The minimum atomic E-state index is -0.805. The monoisotopic (exact) mass is 452 g/mol. The fourth-order valence-electron chi connectivity index (χ4n) is 3.80. The molecule has 0 aliphatic carbocycles. The highest BCUT2D eigenvalue weighted by molar-refractivity contribution is 7.10. The molecule has 1 aliphatic rings. The molecule has 1 unspecified atom stereocenters. The molecule has 2 heterocycles. The van der Waals surface area contributed by atoms with Crippen LogP contribution in [0.1, 0.15) is 51.5 Å². The maximum atomic E-state index is 11.2. The summed E-state index contributed by atoms with van der Waals surface area (Å²) in [7, 11) is 0. The zero-order valence-corrected chi connectivity index (χ0v) is 19.2. The van der Waals surface area contributed by atoms with Crippen LogP contribution in [0.25, 0.3) is 0 Å². The van der Waals surface area contributed by atoms with Crippen molar-refractivity contribution in [3.63, 3.8) is 0 Å². The van der Waals surface area contributed by atoms with Crippen molar-refractivity contribution in [2.24, 2.45) is 5.92 Å². The van der Waals surface area contributed by atoms with Gasteiger partial charge in [0.15, 0.2) is 0 Å². The fourth-order valence-corrected chi connectivity index (χ4v) is 4.52. The second kappa shape index (κ2) is 10.4. The van der Waals surface area contributed by atoms with Crippen LogP contribution in [0.3, 0.4) is 0 Å². The van der Waals surface area contributed by atoms with Crippen LogP contribution in [-0.2, 0) is 9.53 Å². The van der Waals surface area contributed by atoms with Gasteiger partial charge in [-0.3, -0.25) is 4.79 Å². The Kier molecular flexibility index (Phi) is 7.91. The molecule has 0 radical (unpaired) electrons. The van der Waals surface area contributed by atoms with Gasteiger partial charge in [0.25, 0.3) is 0 Å². The first kappa shape index (κ1) is 22.8. The molecule has 0 amide bonds. The summed E-state index contributed by atoms with van der Waals surface area (Å²) in [6, 6.07) is 6.55. The average molecular weight is 453 g/mol. The van der Waals surface area contributed by atoms with Gasteiger partial charge in [-0.25, -0.2) is 0 Å². The molecule has 1 saturated heterocycles. The van der Waals surface area contributed by atoms with Crippen molar-refractivity contribution >= 4 is 45.6 Å². The van der Waals surface area contributed by atoms with Gasteiger partial charge in [-0.15, -0.1) is 0 Å². The molecular formula is C21H29ClN4O3S. The molecule has 30 heavy (non-hydrogen) atoms. The number of hydrogen-bond acceptors (Lipinski definition) is 7. The van der Waals surface area contributed by atoms with Crippen LogP contribution in [0.15, 0.2) is 18.2 Å². The number of halogens is 1. The molecule has 1 fully saturated rings. The topological polar surface area (TPSA) is 87.6 Å². The highest BCUT2D eigenvalue weighted by Gasteiger charge is 2.25. The summed E-state index contributed by atoms with van der Waals surface area (Å²) in [6.45, 7) is 8.81. The second-order valence-corrected chi connectivity index (χ2v) is 9.25. The molecule has 0 spiro atoms. The van der Waals surface area contributed by atoms with E-state index in [0.29, 0.717) is 17.1 Å². The first-order valence-electron chi connectivity index (χ1n) is 10.3. The number of hydrogen-bond donors (Lipinski definition) is 2. The van der Waals surface area contributed by atoms with Crippen LogP contribution >= 0.6 is 23.1 Å². The normalized spacial score (nSPS) is 15.9. The van der Waals surface area contributed by atoms with E-state index in [0.717, 1.165) is 49.5 Å². The van der Waals surface area contributed by atoms with Crippen LogP contribution in [-0.4, -0.2) is 46.2 Å². The lowest BCUT2D eigenvalue weighted by atomic mass is 9.95. The summed E-state index contributed by atoms with van der Waals surface area (Å²) in [5.74, 6) is -0.417. The minimum absolute atomic E-state index is 0.0824. The van der Waals surface area contributed by atoms with Crippen LogP contribution in [0.4, 0.5) is 16.5 Å². The number of benzene rings is 1. The van der Waals surface area contributed by atoms with Crippen LogP contribution in [0.5, 0.6) is 0 Å². The van der Waals surface area contributed by atoms with Crippen molar-refractivity contribution in [3.05, 3.63) is 29.0 Å². The molecule has 0 bridgehead atoms. The molecule has 1 atom stereocenters. The van der Waals surface area contributed by atoms with Crippen molar-refractivity contribution in [3.8, 4) is 0 Å². The lowest BCUT2D eigenvalue weighted by Crippen LogP contribution is -2.42. The van der Waals surface area contributed by atoms with E-state index in [1.165, 1.54) is 11.5 Å². The predicted octanol–water partition coefficient (Wildman–Crippen LogP) is 5.15. The van der Waals surface area contributed by atoms with E-state index < -0.39 is 5.97 Å². The number of aromatic nitrogens is 2. The number of ether oxygens (including phenoxy) is 1. The maximum Gasteiger partial charge on any atom is 0.303 e. The number of carboxylic acids is 1. The Morgan fingerprint density at radius 2 is 2.10 bits per heavy atom. The van der Waals surface area contributed by atoms with E-state index in [4.69, 9.17) is 16.3 Å². The van der Waals surface area contributed by atoms with Crippen LogP contribution < -0.4 is 10.2 Å². The Morgan fingerprint density at radius 1 is 1.37 bits per heavy atom. The van der Waals surface area contributed by atoms with Gasteiger partial charge >= 0.3 is 5.97 Å². The summed E-state index contributed by atoms with van der Waals surface area (Å²) < 4.78 is 9.63. The number of nitrogens with one attached hydrogen (secondary N) is 1. The van der Waals surface area contributed by atoms with E-state index in [9.17, 15) is 9.90 Å². The molecule has 2 aromatic rings. The van der Waals surface area contributed by atoms with Crippen molar-refractivity contribution < 1.29 is 14.6 Å². The molecule has 2 N–H and O–H groups in total. The number of carbonyl (C=O) groups is 1. The van der Waals surface area contributed by atoms with E-state index in [-0.39, 0.29) is 17.6 Å². The van der Waals surface area contributed by atoms with Gasteiger partial charge in [-0.05, 0) is 54.0 Å². The largest absolute Gasteiger partial charge is 0.481 e. The Balaban J connectivity index is 1.99. The average Bonchev–Trinajstić information content (AvgIpc) is 3.11. The molecule has 164 valence electrons. The Morgan fingerprint density at radius 3 is 2.70 bits per heavy atom. The van der Waals surface area contributed by atoms with Gasteiger partial charge in [-0.1, -0.05) is 26.8 Å². The molecule has 9 heteroatoms. The summed E-state index contributed by atoms with van der Waals surface area (Å²) in [5.41, 5.74) is 2.94. The van der Waals surface area contributed by atoms with E-state index in [1.54, 1.807) is 0 Å². The lowest BCUT2D eigenvalue weighted by Gasteiger charge is -2.38. The third-order valence-corrected chi connectivity index (χ3v) is 6.12. The summed E-state index contributed by atoms with van der Waals surface area (Å²) in [6.07, 6.45) is 2.04. The summed E-state index contributed by atoms with van der Waals surface area (Å²) >= 11 is 7.12. The van der Waals surface area contributed by atoms with Crippen LogP contribution in [0.2, 0.25) is 5.28 Å². The van der Waals surface area contributed by atoms with Crippen molar-refractivity contribution in [1.82, 2.24) is 9.36 Å². The number of aliphatic carboxylic acids is 1. The first-order chi connectivity index (χ1) is 14.3. The third-order valence-electron chi connectivity index (χ3n) is 5.22. The maximum absolute atomic E-state index is 11.2. The highest BCUT2D eigenvalue weighted by atomic mass is 35.5. The number of rotatable bonds is 9. The fraction of sp³-hybridized carbons (Fsp3) is 0.571. The van der Waals surface area contributed by atoms with Gasteiger partial charge in [0, 0.05) is 37.3 Å². The second-order valence-electron chi connectivity index (χ2n) is 8.16. The minimum Gasteiger partial charge on any atom is -0.481 e. The number of carboxylic acid groups (broad SMARTS) is 1. The molecular weight excluding hydrogens is 424 g/mol.